The highest BCUT2D eigenvalue weighted by Crippen LogP contribution is 2.26. The highest BCUT2D eigenvalue weighted by molar-refractivity contribution is 5.95. The van der Waals surface area contributed by atoms with Gasteiger partial charge in [-0.05, 0) is 60.9 Å². The SMILES string of the molecule is O=C(Nc1cccc(Nc2ccc3c(/C=C/c4ccccc4)n[nH]c3c2)c1)C1CCCO1. The number of aromatic amines is 1. The Bertz CT molecular complexity index is 1260. The second-order valence-corrected chi connectivity index (χ2v) is 7.81. The molecule has 5 rings (SSSR count). The van der Waals surface area contributed by atoms with E-state index in [-0.39, 0.29) is 12.0 Å². The van der Waals surface area contributed by atoms with Crippen molar-refractivity contribution >= 4 is 46.0 Å². The molecule has 0 spiro atoms. The molecule has 3 N–H and O–H groups in total. The first kappa shape index (κ1) is 20.0. The van der Waals surface area contributed by atoms with Crippen LogP contribution in [0.3, 0.4) is 0 Å². The predicted molar refractivity (Wildman–Crippen MR) is 129 cm³/mol. The largest absolute Gasteiger partial charge is 0.368 e. The molecule has 160 valence electrons. The van der Waals surface area contributed by atoms with Crippen LogP contribution in [0.2, 0.25) is 0 Å². The fourth-order valence-electron chi connectivity index (χ4n) is 3.83. The zero-order valence-electron chi connectivity index (χ0n) is 17.5. The minimum absolute atomic E-state index is 0.0883. The zero-order valence-corrected chi connectivity index (χ0v) is 17.5. The molecular formula is C26H24N4O2. The maximum Gasteiger partial charge on any atom is 0.253 e. The minimum Gasteiger partial charge on any atom is -0.368 e. The van der Waals surface area contributed by atoms with E-state index in [1.54, 1.807) is 0 Å². The summed E-state index contributed by atoms with van der Waals surface area (Å²) in [7, 11) is 0. The number of fused-ring (bicyclic) bond motifs is 1. The summed E-state index contributed by atoms with van der Waals surface area (Å²) in [6, 6.07) is 23.9. The molecule has 1 aromatic heterocycles. The van der Waals surface area contributed by atoms with Gasteiger partial charge in [-0.1, -0.05) is 42.5 Å². The van der Waals surface area contributed by atoms with E-state index < -0.39 is 0 Å². The van der Waals surface area contributed by atoms with Crippen molar-refractivity contribution in [1.29, 1.82) is 0 Å². The summed E-state index contributed by atoms with van der Waals surface area (Å²) >= 11 is 0. The van der Waals surface area contributed by atoms with Crippen LogP contribution in [0.25, 0.3) is 23.1 Å². The van der Waals surface area contributed by atoms with Crippen molar-refractivity contribution in [3.05, 3.63) is 84.1 Å². The molecule has 0 saturated carbocycles. The van der Waals surface area contributed by atoms with Crippen molar-refractivity contribution in [2.75, 3.05) is 17.2 Å². The summed E-state index contributed by atoms with van der Waals surface area (Å²) in [5.41, 5.74) is 5.54. The summed E-state index contributed by atoms with van der Waals surface area (Å²) in [5, 5.41) is 14.9. The fraction of sp³-hybridized carbons (Fsp3) is 0.154. The maximum atomic E-state index is 12.3. The first-order chi connectivity index (χ1) is 15.7. The van der Waals surface area contributed by atoms with Crippen LogP contribution in [0.15, 0.2) is 72.8 Å². The van der Waals surface area contributed by atoms with Crippen molar-refractivity contribution in [2.24, 2.45) is 0 Å². The molecule has 1 amide bonds. The molecule has 0 radical (unpaired) electrons. The number of nitrogens with one attached hydrogen (secondary N) is 3. The van der Waals surface area contributed by atoms with E-state index in [2.05, 4.69) is 45.1 Å². The molecule has 0 bridgehead atoms. The molecule has 1 saturated heterocycles. The Balaban J connectivity index is 1.29. The summed E-state index contributed by atoms with van der Waals surface area (Å²) in [6.07, 6.45) is 5.43. The van der Waals surface area contributed by atoms with E-state index in [0.717, 1.165) is 52.1 Å². The standard InChI is InChI=1S/C26H24N4O2/c31-26(25-10-5-15-32-25)28-20-9-4-8-19(16-20)27-21-12-13-22-23(29-30-24(22)17-21)14-11-18-6-2-1-3-7-18/h1-4,6-9,11-14,16-17,25,27H,5,10,15H2,(H,28,31)(H,29,30)/b14-11+. The van der Waals surface area contributed by atoms with Gasteiger partial charge in [0.25, 0.3) is 5.91 Å². The van der Waals surface area contributed by atoms with Crippen molar-refractivity contribution in [1.82, 2.24) is 10.2 Å². The Labute approximate surface area is 186 Å². The van der Waals surface area contributed by atoms with E-state index in [1.165, 1.54) is 0 Å². The third-order valence-corrected chi connectivity index (χ3v) is 5.47. The lowest BCUT2D eigenvalue weighted by atomic mass is 10.1. The van der Waals surface area contributed by atoms with Crippen LogP contribution >= 0.6 is 0 Å². The predicted octanol–water partition coefficient (Wildman–Crippen LogP) is 5.59. The number of rotatable bonds is 6. The molecule has 2 heterocycles. The average Bonchev–Trinajstić information content (AvgIpc) is 3.49. The highest BCUT2D eigenvalue weighted by Gasteiger charge is 2.23. The molecule has 1 aliphatic rings. The van der Waals surface area contributed by atoms with Crippen LogP contribution in [0.5, 0.6) is 0 Å². The van der Waals surface area contributed by atoms with Crippen LogP contribution in [0.1, 0.15) is 24.1 Å². The van der Waals surface area contributed by atoms with Crippen molar-refractivity contribution < 1.29 is 9.53 Å². The molecule has 32 heavy (non-hydrogen) atoms. The fourth-order valence-corrected chi connectivity index (χ4v) is 3.83. The number of hydrogen-bond donors (Lipinski definition) is 3. The number of amides is 1. The van der Waals surface area contributed by atoms with Gasteiger partial charge in [0.2, 0.25) is 0 Å². The number of hydrogen-bond acceptors (Lipinski definition) is 4. The lowest BCUT2D eigenvalue weighted by molar-refractivity contribution is -0.124. The molecule has 1 unspecified atom stereocenters. The van der Waals surface area contributed by atoms with Crippen molar-refractivity contribution in [3.63, 3.8) is 0 Å². The van der Waals surface area contributed by atoms with E-state index in [9.17, 15) is 4.79 Å². The summed E-state index contributed by atoms with van der Waals surface area (Å²) in [5.74, 6) is -0.0883. The highest BCUT2D eigenvalue weighted by atomic mass is 16.5. The van der Waals surface area contributed by atoms with Gasteiger partial charge in [0.1, 0.15) is 6.10 Å². The molecule has 3 aromatic carbocycles. The zero-order chi connectivity index (χ0) is 21.8. The normalized spacial score (nSPS) is 15.9. The Kier molecular flexibility index (Phi) is 5.68. The van der Waals surface area contributed by atoms with Crippen LogP contribution in [0, 0.1) is 0 Å². The molecule has 1 fully saturated rings. The van der Waals surface area contributed by atoms with E-state index >= 15 is 0 Å². The van der Waals surface area contributed by atoms with Gasteiger partial charge in [0.05, 0.1) is 11.2 Å². The topological polar surface area (TPSA) is 79.0 Å². The van der Waals surface area contributed by atoms with Gasteiger partial charge in [-0.2, -0.15) is 5.10 Å². The van der Waals surface area contributed by atoms with Gasteiger partial charge in [0.15, 0.2) is 0 Å². The number of carbonyl (C=O) groups excluding carboxylic acids is 1. The smallest absolute Gasteiger partial charge is 0.253 e. The first-order valence-corrected chi connectivity index (χ1v) is 10.8. The molecule has 1 aliphatic heterocycles. The van der Waals surface area contributed by atoms with Crippen molar-refractivity contribution in [3.8, 4) is 0 Å². The Hall–Kier alpha value is -3.90. The lowest BCUT2D eigenvalue weighted by Crippen LogP contribution is -2.26. The number of aromatic nitrogens is 2. The third-order valence-electron chi connectivity index (χ3n) is 5.47. The summed E-state index contributed by atoms with van der Waals surface area (Å²) < 4.78 is 5.46. The molecule has 6 heteroatoms. The number of ether oxygens (including phenoxy) is 1. The average molecular weight is 425 g/mol. The second-order valence-electron chi connectivity index (χ2n) is 7.81. The van der Waals surface area contributed by atoms with E-state index in [0.29, 0.717) is 6.61 Å². The molecule has 4 aromatic rings. The Morgan fingerprint density at radius 3 is 2.66 bits per heavy atom. The van der Waals surface area contributed by atoms with Gasteiger partial charge < -0.3 is 15.4 Å². The summed E-state index contributed by atoms with van der Waals surface area (Å²) in [4.78, 5) is 12.3. The first-order valence-electron chi connectivity index (χ1n) is 10.8. The van der Waals surface area contributed by atoms with Crippen LogP contribution in [0.4, 0.5) is 17.1 Å². The molecule has 1 atom stereocenters. The van der Waals surface area contributed by atoms with Gasteiger partial charge in [-0.3, -0.25) is 9.89 Å². The van der Waals surface area contributed by atoms with Crippen molar-refractivity contribution in [2.45, 2.75) is 18.9 Å². The summed E-state index contributed by atoms with van der Waals surface area (Å²) in [6.45, 7) is 0.652. The number of nitrogens with zero attached hydrogens (tertiary/aromatic N) is 1. The Morgan fingerprint density at radius 2 is 1.81 bits per heavy atom. The number of H-pyrrole nitrogens is 1. The second kappa shape index (κ2) is 9.08. The number of carbonyl (C=O) groups is 1. The molecular weight excluding hydrogens is 400 g/mol. The molecule has 6 nitrogen and oxygen atoms in total. The number of anilines is 3. The molecule has 0 aliphatic carbocycles. The lowest BCUT2D eigenvalue weighted by Gasteiger charge is -2.12. The van der Waals surface area contributed by atoms with Crippen LogP contribution in [-0.2, 0) is 9.53 Å². The maximum absolute atomic E-state index is 12.3. The van der Waals surface area contributed by atoms with Gasteiger partial charge in [-0.15, -0.1) is 0 Å². The third kappa shape index (κ3) is 4.55. The van der Waals surface area contributed by atoms with E-state index in [1.807, 2.05) is 60.7 Å². The van der Waals surface area contributed by atoms with E-state index in [4.69, 9.17) is 4.74 Å². The van der Waals surface area contributed by atoms with Gasteiger partial charge in [-0.25, -0.2) is 0 Å². The van der Waals surface area contributed by atoms with Gasteiger partial charge in [0, 0.05) is 29.1 Å². The monoisotopic (exact) mass is 424 g/mol. The number of benzene rings is 3. The van der Waals surface area contributed by atoms with Gasteiger partial charge >= 0.3 is 0 Å². The van der Waals surface area contributed by atoms with Crippen LogP contribution < -0.4 is 10.6 Å². The minimum atomic E-state index is -0.348. The van der Waals surface area contributed by atoms with Crippen LogP contribution in [-0.4, -0.2) is 28.8 Å². The quantitative estimate of drug-likeness (QED) is 0.377. The Morgan fingerprint density at radius 1 is 0.969 bits per heavy atom.